The molecule has 0 N–H and O–H groups in total. The van der Waals surface area contributed by atoms with Crippen molar-refractivity contribution in [2.75, 3.05) is 6.54 Å². The van der Waals surface area contributed by atoms with Crippen LogP contribution in [0.25, 0.3) is 0 Å². The van der Waals surface area contributed by atoms with Gasteiger partial charge >= 0.3 is 0 Å². The Labute approximate surface area is 94.2 Å². The van der Waals surface area contributed by atoms with E-state index in [-0.39, 0.29) is 0 Å². The maximum Gasteiger partial charge on any atom is 0.0127 e. The van der Waals surface area contributed by atoms with Crippen molar-refractivity contribution < 1.29 is 0 Å². The molecule has 1 heterocycles. The summed E-state index contributed by atoms with van der Waals surface area (Å²) in [4.78, 5) is 2.92. The highest BCUT2D eigenvalue weighted by atomic mass is 15.2. The lowest BCUT2D eigenvalue weighted by Crippen LogP contribution is -2.42. The van der Waals surface area contributed by atoms with E-state index in [1.54, 1.807) is 0 Å². The van der Waals surface area contributed by atoms with Crippen LogP contribution in [-0.4, -0.2) is 23.5 Å². The van der Waals surface area contributed by atoms with E-state index in [9.17, 15) is 0 Å². The molecule has 2 unspecified atom stereocenters. The Morgan fingerprint density at radius 3 is 2.27 bits per heavy atom. The highest BCUT2D eigenvalue weighted by Gasteiger charge is 2.38. The molecule has 3 fully saturated rings. The third kappa shape index (κ3) is 1.95. The van der Waals surface area contributed by atoms with Gasteiger partial charge in [0, 0.05) is 12.1 Å². The molecule has 86 valence electrons. The van der Waals surface area contributed by atoms with Crippen molar-refractivity contribution in [3.8, 4) is 0 Å². The summed E-state index contributed by atoms with van der Waals surface area (Å²) in [5, 5.41) is 0. The first-order chi connectivity index (χ1) is 7.45. The van der Waals surface area contributed by atoms with Crippen molar-refractivity contribution in [3.05, 3.63) is 0 Å². The summed E-state index contributed by atoms with van der Waals surface area (Å²) in [7, 11) is 0. The molecule has 2 aliphatic carbocycles. The van der Waals surface area contributed by atoms with E-state index in [2.05, 4.69) is 4.90 Å². The van der Waals surface area contributed by atoms with Crippen molar-refractivity contribution in [2.45, 2.75) is 76.3 Å². The minimum atomic E-state index is 0.979. The smallest absolute Gasteiger partial charge is 0.0127 e. The van der Waals surface area contributed by atoms with E-state index in [0.29, 0.717) is 0 Å². The number of hydrogen-bond acceptors (Lipinski definition) is 1. The molecule has 3 aliphatic rings. The van der Waals surface area contributed by atoms with Crippen LogP contribution in [0.2, 0.25) is 0 Å². The third-order valence-corrected chi connectivity index (χ3v) is 5.10. The maximum absolute atomic E-state index is 2.92. The van der Waals surface area contributed by atoms with Gasteiger partial charge in [-0.1, -0.05) is 32.1 Å². The fraction of sp³-hybridized carbons (Fsp3) is 1.00. The molecular weight excluding hydrogens is 182 g/mol. The van der Waals surface area contributed by atoms with Gasteiger partial charge in [0.15, 0.2) is 0 Å². The second kappa shape index (κ2) is 4.45. The standard InChI is InChI=1S/C14H25N/c1-2-7-13(8-3-1)15-11-10-12-6-4-5-9-14(12)15/h12-14H,1-11H2. The Hall–Kier alpha value is -0.0400. The number of rotatable bonds is 1. The number of nitrogens with zero attached hydrogens (tertiary/aromatic N) is 1. The molecule has 0 bridgehead atoms. The van der Waals surface area contributed by atoms with Gasteiger partial charge in [-0.2, -0.15) is 0 Å². The van der Waals surface area contributed by atoms with Crippen LogP contribution in [0.4, 0.5) is 0 Å². The molecule has 0 aromatic heterocycles. The Balaban J connectivity index is 1.65. The van der Waals surface area contributed by atoms with Gasteiger partial charge in [0.1, 0.15) is 0 Å². The van der Waals surface area contributed by atoms with Crippen molar-refractivity contribution in [1.82, 2.24) is 4.90 Å². The minimum absolute atomic E-state index is 0.979. The summed E-state index contributed by atoms with van der Waals surface area (Å²) >= 11 is 0. The van der Waals surface area contributed by atoms with E-state index < -0.39 is 0 Å². The van der Waals surface area contributed by atoms with Gasteiger partial charge in [-0.3, -0.25) is 4.90 Å². The molecule has 1 heteroatoms. The summed E-state index contributed by atoms with van der Waals surface area (Å²) < 4.78 is 0. The van der Waals surface area contributed by atoms with Gasteiger partial charge < -0.3 is 0 Å². The average molecular weight is 207 g/mol. The molecule has 2 saturated carbocycles. The first-order valence-corrected chi connectivity index (χ1v) is 7.21. The third-order valence-electron chi connectivity index (χ3n) is 5.10. The zero-order chi connectivity index (χ0) is 10.1. The second-order valence-corrected chi connectivity index (χ2v) is 5.93. The minimum Gasteiger partial charge on any atom is -0.297 e. The van der Waals surface area contributed by atoms with Crippen LogP contribution in [-0.2, 0) is 0 Å². The maximum atomic E-state index is 2.92. The average Bonchev–Trinajstić information content (AvgIpc) is 2.74. The Kier molecular flexibility index (Phi) is 3.01. The predicted molar refractivity (Wildman–Crippen MR) is 63.9 cm³/mol. The molecule has 1 saturated heterocycles. The van der Waals surface area contributed by atoms with E-state index in [0.717, 1.165) is 18.0 Å². The van der Waals surface area contributed by atoms with E-state index in [4.69, 9.17) is 0 Å². The van der Waals surface area contributed by atoms with Gasteiger partial charge in [-0.15, -0.1) is 0 Å². The SMILES string of the molecule is C1CCC(N2CCC3CCCCC32)CC1. The van der Waals surface area contributed by atoms with Crippen LogP contribution >= 0.6 is 0 Å². The van der Waals surface area contributed by atoms with Crippen molar-refractivity contribution in [1.29, 1.82) is 0 Å². The predicted octanol–water partition coefficient (Wildman–Crippen LogP) is 3.58. The number of likely N-dealkylation sites (tertiary alicyclic amines) is 1. The van der Waals surface area contributed by atoms with Gasteiger partial charge in [0.05, 0.1) is 0 Å². The van der Waals surface area contributed by atoms with Crippen LogP contribution in [0, 0.1) is 5.92 Å². The molecule has 0 spiro atoms. The normalized spacial score (nSPS) is 39.2. The number of hydrogen-bond donors (Lipinski definition) is 0. The highest BCUT2D eigenvalue weighted by Crippen LogP contribution is 2.39. The molecule has 3 rings (SSSR count). The summed E-state index contributed by atoms with van der Waals surface area (Å²) in [5.41, 5.74) is 0. The second-order valence-electron chi connectivity index (χ2n) is 5.93. The van der Waals surface area contributed by atoms with Crippen LogP contribution in [0.1, 0.15) is 64.2 Å². The molecule has 15 heavy (non-hydrogen) atoms. The molecule has 1 nitrogen and oxygen atoms in total. The van der Waals surface area contributed by atoms with Crippen LogP contribution in [0.3, 0.4) is 0 Å². The first-order valence-electron chi connectivity index (χ1n) is 7.21. The Bertz CT molecular complexity index is 207. The zero-order valence-corrected chi connectivity index (χ0v) is 9.96. The molecule has 0 aromatic carbocycles. The summed E-state index contributed by atoms with van der Waals surface area (Å²) in [6.07, 6.45) is 15.1. The van der Waals surface area contributed by atoms with Gasteiger partial charge in [0.2, 0.25) is 0 Å². The van der Waals surface area contributed by atoms with Crippen LogP contribution < -0.4 is 0 Å². The molecular formula is C14H25N. The van der Waals surface area contributed by atoms with Crippen molar-refractivity contribution >= 4 is 0 Å². The van der Waals surface area contributed by atoms with Crippen LogP contribution in [0.5, 0.6) is 0 Å². The van der Waals surface area contributed by atoms with E-state index in [1.807, 2.05) is 0 Å². The molecule has 1 aliphatic heterocycles. The van der Waals surface area contributed by atoms with Gasteiger partial charge in [-0.05, 0) is 44.6 Å². The van der Waals surface area contributed by atoms with Gasteiger partial charge in [0.25, 0.3) is 0 Å². The topological polar surface area (TPSA) is 3.24 Å². The Morgan fingerprint density at radius 1 is 0.667 bits per heavy atom. The molecule has 2 atom stereocenters. The molecule has 0 radical (unpaired) electrons. The Morgan fingerprint density at radius 2 is 1.40 bits per heavy atom. The first kappa shape index (κ1) is 10.1. The fourth-order valence-corrected chi connectivity index (χ4v) is 4.31. The van der Waals surface area contributed by atoms with Gasteiger partial charge in [-0.25, -0.2) is 0 Å². The van der Waals surface area contributed by atoms with E-state index >= 15 is 0 Å². The molecule has 0 aromatic rings. The van der Waals surface area contributed by atoms with Crippen molar-refractivity contribution in [3.63, 3.8) is 0 Å². The zero-order valence-electron chi connectivity index (χ0n) is 9.96. The lowest BCUT2D eigenvalue weighted by Gasteiger charge is -2.38. The highest BCUT2D eigenvalue weighted by molar-refractivity contribution is 4.93. The summed E-state index contributed by atoms with van der Waals surface area (Å²) in [6.45, 7) is 1.43. The quantitative estimate of drug-likeness (QED) is 0.635. The summed E-state index contributed by atoms with van der Waals surface area (Å²) in [5.74, 6) is 1.08. The van der Waals surface area contributed by atoms with Crippen LogP contribution in [0.15, 0.2) is 0 Å². The fourth-order valence-electron chi connectivity index (χ4n) is 4.31. The summed E-state index contributed by atoms with van der Waals surface area (Å²) in [6, 6.07) is 1.98. The largest absolute Gasteiger partial charge is 0.297 e. The van der Waals surface area contributed by atoms with E-state index in [1.165, 1.54) is 70.8 Å². The monoisotopic (exact) mass is 207 g/mol. The molecule has 0 amide bonds. The lowest BCUT2D eigenvalue weighted by molar-refractivity contribution is 0.107. The lowest BCUT2D eigenvalue weighted by atomic mass is 9.84. The van der Waals surface area contributed by atoms with Crippen molar-refractivity contribution in [2.24, 2.45) is 5.92 Å². The number of fused-ring (bicyclic) bond motifs is 1.